The van der Waals surface area contributed by atoms with Gasteiger partial charge < -0.3 is 15.8 Å². The first-order valence-electron chi connectivity index (χ1n) is 12.4. The minimum atomic E-state index is -4.78. The number of amides is 2. The van der Waals surface area contributed by atoms with E-state index in [9.17, 15) is 27.2 Å². The zero-order valence-corrected chi connectivity index (χ0v) is 20.1. The van der Waals surface area contributed by atoms with Crippen LogP contribution >= 0.6 is 0 Å². The van der Waals surface area contributed by atoms with Crippen LogP contribution in [0.3, 0.4) is 0 Å². The molecule has 0 aliphatic carbocycles. The highest BCUT2D eigenvalue weighted by atomic mass is 19.4. The monoisotopic (exact) mass is 531 g/mol. The largest absolute Gasteiger partial charge is 0.480 e. The molecule has 0 fully saturated rings. The number of hydrogen-bond acceptors (Lipinski definition) is 5. The molecule has 2 unspecified atom stereocenters. The molecule has 38 heavy (non-hydrogen) atoms. The highest BCUT2D eigenvalue weighted by Gasteiger charge is 2.35. The molecule has 2 atom stereocenters. The van der Waals surface area contributed by atoms with Crippen molar-refractivity contribution >= 4 is 22.7 Å². The summed E-state index contributed by atoms with van der Waals surface area (Å²) in [6.45, 7) is 1.96. The van der Waals surface area contributed by atoms with E-state index < -0.39 is 54.6 Å². The molecule has 2 aromatic carbocycles. The third kappa shape index (κ3) is 5.01. The molecule has 198 valence electrons. The van der Waals surface area contributed by atoms with Crippen molar-refractivity contribution in [1.29, 1.82) is 0 Å². The molecular weight excluding hydrogens is 506 g/mol. The molecule has 0 radical (unpaired) electrons. The number of carbonyl (C=O) groups excluding carboxylic acids is 2. The van der Waals surface area contributed by atoms with Crippen LogP contribution in [0.25, 0.3) is 22.0 Å². The molecular formula is C26H23F4N5O3. The molecule has 12 heteroatoms. The Labute approximate surface area is 217 Å². The van der Waals surface area contributed by atoms with E-state index in [0.717, 1.165) is 0 Å². The standard InChI is InChI=1S/C26H23F4N5O3/c1-4-35-21-10-14(5-7-17(21)22(34-35)23(31)36)15-9-19(25(38-3)32-12-15)24(37)33-13(2)18-11-16(27)6-8-20(18)26(28,29)30/h5-13H,4H2,1-3H3,(H2,31,36)(H,33,37)/i3D,4D. The van der Waals surface area contributed by atoms with Crippen LogP contribution < -0.4 is 15.8 Å². The van der Waals surface area contributed by atoms with E-state index in [1.54, 1.807) is 25.1 Å². The number of rotatable bonds is 7. The number of halogens is 4. The molecule has 4 aromatic rings. The Morgan fingerprint density at radius 1 is 1.21 bits per heavy atom. The molecule has 0 aliphatic heterocycles. The Bertz CT molecular complexity index is 1610. The second-order valence-electron chi connectivity index (χ2n) is 8.29. The van der Waals surface area contributed by atoms with Crippen LogP contribution in [0.1, 0.15) is 54.6 Å². The summed E-state index contributed by atoms with van der Waals surface area (Å²) in [4.78, 5) is 29.2. The molecule has 2 amide bonds. The summed E-state index contributed by atoms with van der Waals surface area (Å²) in [5.41, 5.74) is 4.97. The van der Waals surface area contributed by atoms with E-state index >= 15 is 0 Å². The van der Waals surface area contributed by atoms with Crippen molar-refractivity contribution in [3.63, 3.8) is 0 Å². The number of nitrogens with zero attached hydrogens (tertiary/aromatic N) is 3. The summed E-state index contributed by atoms with van der Waals surface area (Å²) in [5, 5.41) is 6.97. The van der Waals surface area contributed by atoms with Crippen LogP contribution in [0.5, 0.6) is 5.88 Å². The summed E-state index contributed by atoms with van der Waals surface area (Å²) >= 11 is 0. The number of alkyl halides is 3. The van der Waals surface area contributed by atoms with E-state index in [2.05, 4.69) is 15.4 Å². The van der Waals surface area contributed by atoms with Crippen LogP contribution in [-0.4, -0.2) is 33.7 Å². The third-order valence-corrected chi connectivity index (χ3v) is 5.88. The first-order chi connectivity index (χ1) is 18.8. The average Bonchev–Trinajstić information content (AvgIpc) is 3.28. The molecule has 0 saturated heterocycles. The van der Waals surface area contributed by atoms with E-state index in [1.165, 1.54) is 23.9 Å². The van der Waals surface area contributed by atoms with Crippen molar-refractivity contribution in [2.75, 3.05) is 7.09 Å². The first kappa shape index (κ1) is 23.9. The molecule has 0 saturated carbocycles. The van der Waals surface area contributed by atoms with Crippen molar-refractivity contribution < 1.29 is 34.6 Å². The number of benzene rings is 2. The number of nitrogens with two attached hydrogens (primary N) is 1. The average molecular weight is 532 g/mol. The summed E-state index contributed by atoms with van der Waals surface area (Å²) < 4.78 is 76.2. The second kappa shape index (κ2) is 10.1. The van der Waals surface area contributed by atoms with Gasteiger partial charge in [0.05, 0.1) is 26.9 Å². The number of fused-ring (bicyclic) bond motifs is 1. The normalized spacial score (nSPS) is 13.9. The van der Waals surface area contributed by atoms with E-state index in [1.807, 2.05) is 0 Å². The molecule has 0 aliphatic rings. The van der Waals surface area contributed by atoms with Gasteiger partial charge in [-0.2, -0.15) is 18.3 Å². The number of aromatic nitrogens is 3. The maximum atomic E-state index is 13.8. The van der Waals surface area contributed by atoms with Crippen molar-refractivity contribution in [3.05, 3.63) is 76.9 Å². The Kier molecular flexibility index (Phi) is 6.36. The lowest BCUT2D eigenvalue weighted by Crippen LogP contribution is -2.29. The predicted octanol–water partition coefficient (Wildman–Crippen LogP) is 4.87. The molecule has 0 spiro atoms. The molecule has 3 N–H and O–H groups in total. The van der Waals surface area contributed by atoms with Crippen molar-refractivity contribution in [3.8, 4) is 17.0 Å². The van der Waals surface area contributed by atoms with Crippen LogP contribution in [-0.2, 0) is 12.7 Å². The molecule has 0 bridgehead atoms. The van der Waals surface area contributed by atoms with Crippen molar-refractivity contribution in [2.24, 2.45) is 5.73 Å². The highest BCUT2D eigenvalue weighted by Crippen LogP contribution is 2.35. The van der Waals surface area contributed by atoms with Gasteiger partial charge in [0, 0.05) is 23.7 Å². The minimum absolute atomic E-state index is 0.0115. The van der Waals surface area contributed by atoms with E-state index in [4.69, 9.17) is 13.2 Å². The van der Waals surface area contributed by atoms with E-state index in [-0.39, 0.29) is 17.1 Å². The number of nitrogens with one attached hydrogen (secondary N) is 1. The van der Waals surface area contributed by atoms with Gasteiger partial charge in [-0.3, -0.25) is 14.3 Å². The van der Waals surface area contributed by atoms with Gasteiger partial charge in [0.25, 0.3) is 11.8 Å². The first-order valence-corrected chi connectivity index (χ1v) is 11.2. The highest BCUT2D eigenvalue weighted by molar-refractivity contribution is 6.05. The molecule has 4 rings (SSSR count). The van der Waals surface area contributed by atoms with Crippen molar-refractivity contribution in [2.45, 2.75) is 32.6 Å². The fraction of sp³-hybridized carbons (Fsp3) is 0.231. The number of methoxy groups -OCH3 is 1. The van der Waals surface area contributed by atoms with Crippen LogP contribution in [0, 0.1) is 5.82 Å². The Hall–Kier alpha value is -4.48. The quantitative estimate of drug-likeness (QED) is 0.331. The number of primary amides is 1. The fourth-order valence-electron chi connectivity index (χ4n) is 4.09. The lowest BCUT2D eigenvalue weighted by Gasteiger charge is -2.20. The Morgan fingerprint density at radius 2 is 1.97 bits per heavy atom. The Morgan fingerprint density at radius 3 is 2.63 bits per heavy atom. The number of aryl methyl sites for hydroxylation is 1. The number of hydrogen-bond donors (Lipinski definition) is 2. The molecule has 2 heterocycles. The zero-order valence-electron chi connectivity index (χ0n) is 22.1. The van der Waals surface area contributed by atoms with Gasteiger partial charge in [0.15, 0.2) is 5.69 Å². The maximum absolute atomic E-state index is 13.8. The number of pyridine rings is 1. The smallest absolute Gasteiger partial charge is 0.416 e. The van der Waals surface area contributed by atoms with Gasteiger partial charge in [-0.05, 0) is 61.4 Å². The van der Waals surface area contributed by atoms with Gasteiger partial charge in [-0.15, -0.1) is 0 Å². The van der Waals surface area contributed by atoms with Gasteiger partial charge >= 0.3 is 6.18 Å². The lowest BCUT2D eigenvalue weighted by atomic mass is 10.00. The van der Waals surface area contributed by atoms with Gasteiger partial charge in [-0.25, -0.2) is 9.37 Å². The molecule has 2 aromatic heterocycles. The summed E-state index contributed by atoms with van der Waals surface area (Å²) in [6, 6.07) is 6.92. The Balaban J connectivity index is 1.74. The summed E-state index contributed by atoms with van der Waals surface area (Å²) in [6.07, 6.45) is -3.42. The summed E-state index contributed by atoms with van der Waals surface area (Å²) in [5.74, 6) is -2.77. The maximum Gasteiger partial charge on any atom is 0.416 e. The molecule has 8 nitrogen and oxygen atoms in total. The van der Waals surface area contributed by atoms with Gasteiger partial charge in [-0.1, -0.05) is 6.07 Å². The van der Waals surface area contributed by atoms with Gasteiger partial charge in [0.2, 0.25) is 5.88 Å². The number of ether oxygens (including phenoxy) is 1. The topological polar surface area (TPSA) is 112 Å². The fourth-order valence-corrected chi connectivity index (χ4v) is 4.09. The third-order valence-electron chi connectivity index (χ3n) is 5.88. The van der Waals surface area contributed by atoms with Crippen molar-refractivity contribution in [1.82, 2.24) is 20.1 Å². The van der Waals surface area contributed by atoms with Gasteiger partial charge in [0.1, 0.15) is 11.4 Å². The lowest BCUT2D eigenvalue weighted by molar-refractivity contribution is -0.138. The van der Waals surface area contributed by atoms with Crippen LogP contribution in [0.2, 0.25) is 0 Å². The minimum Gasteiger partial charge on any atom is -0.480 e. The van der Waals surface area contributed by atoms with Crippen LogP contribution in [0.15, 0.2) is 48.7 Å². The zero-order chi connectivity index (χ0) is 29.4. The number of carbonyl (C=O) groups is 2. The van der Waals surface area contributed by atoms with E-state index in [0.29, 0.717) is 40.2 Å². The van der Waals surface area contributed by atoms with Crippen LogP contribution in [0.4, 0.5) is 17.6 Å². The SMILES string of the molecule is [2H]COc1ncc(-c2ccc3c(C(N)=O)nn(C([2H])C)c3c2)cc1C(=O)NC(C)c1cc(F)ccc1C(F)(F)F. The predicted molar refractivity (Wildman–Crippen MR) is 131 cm³/mol. The summed E-state index contributed by atoms with van der Waals surface area (Å²) in [7, 11) is -0.591. The second-order valence-corrected chi connectivity index (χ2v) is 8.29.